The van der Waals surface area contributed by atoms with Crippen molar-refractivity contribution < 1.29 is 35.1 Å². The molecule has 0 bridgehead atoms. The first-order valence-corrected chi connectivity index (χ1v) is 14.7. The summed E-state index contributed by atoms with van der Waals surface area (Å²) in [4.78, 5) is 11.5. The number of hydrogen-bond donors (Lipinski definition) is 1. The van der Waals surface area contributed by atoms with Crippen molar-refractivity contribution in [1.82, 2.24) is 5.32 Å². The van der Waals surface area contributed by atoms with Gasteiger partial charge in [-0.3, -0.25) is 0 Å². The van der Waals surface area contributed by atoms with Gasteiger partial charge in [0.15, 0.2) is 0 Å². The number of benzene rings is 3. The molecule has 0 aliphatic rings. The van der Waals surface area contributed by atoms with E-state index in [4.69, 9.17) is 4.74 Å². The first-order chi connectivity index (χ1) is 17.7. The molecule has 0 aliphatic carbocycles. The number of alkyl carbamates (subject to hydrolysis) is 1. The maximum Gasteiger partial charge on any atom is 0.408 e. The summed E-state index contributed by atoms with van der Waals surface area (Å²) in [6, 6.07) is 16.7. The molecule has 1 unspecified atom stereocenters. The molecule has 11 heteroatoms. The van der Waals surface area contributed by atoms with Crippen molar-refractivity contribution in [2.75, 3.05) is 0 Å². The predicted molar refractivity (Wildman–Crippen MR) is 139 cm³/mol. The van der Waals surface area contributed by atoms with E-state index in [2.05, 4.69) is 5.32 Å². The average molecular weight is 566 g/mol. The Morgan fingerprint density at radius 2 is 1.34 bits per heavy atom. The normalized spacial score (nSPS) is 13.5. The lowest BCUT2D eigenvalue weighted by atomic mass is 10.0. The summed E-state index contributed by atoms with van der Waals surface area (Å²) in [5, 5.41) is 2.49. The first kappa shape index (κ1) is 29.2. The van der Waals surface area contributed by atoms with Crippen LogP contribution in [-0.4, -0.2) is 32.9 Å². The van der Waals surface area contributed by atoms with Gasteiger partial charge in [-0.2, -0.15) is 0 Å². The van der Waals surface area contributed by atoms with E-state index in [1.54, 1.807) is 20.8 Å². The van der Waals surface area contributed by atoms with E-state index in [9.17, 15) is 26.0 Å². The van der Waals surface area contributed by atoms with Crippen LogP contribution in [0.2, 0.25) is 0 Å². The van der Waals surface area contributed by atoms with Gasteiger partial charge in [0.2, 0.25) is 19.7 Å². The van der Waals surface area contributed by atoms with Gasteiger partial charge in [0.1, 0.15) is 11.4 Å². The summed E-state index contributed by atoms with van der Waals surface area (Å²) in [7, 11) is -10.2. The number of nitrogens with one attached hydrogen (secondary N) is 1. The van der Waals surface area contributed by atoms with Crippen LogP contribution in [0.15, 0.2) is 94.7 Å². The van der Waals surface area contributed by atoms with Crippen LogP contribution in [0.5, 0.6) is 0 Å². The Kier molecular flexibility index (Phi) is 8.62. The van der Waals surface area contributed by atoms with Crippen LogP contribution in [0.3, 0.4) is 0 Å². The van der Waals surface area contributed by atoms with Crippen molar-refractivity contribution in [3.05, 3.63) is 96.3 Å². The van der Waals surface area contributed by atoms with Crippen LogP contribution in [-0.2, 0) is 24.4 Å². The zero-order valence-electron chi connectivity index (χ0n) is 21.1. The Hall–Kier alpha value is -3.31. The zero-order valence-corrected chi connectivity index (χ0v) is 22.7. The van der Waals surface area contributed by atoms with E-state index in [1.807, 2.05) is 0 Å². The van der Waals surface area contributed by atoms with E-state index in [0.29, 0.717) is 0 Å². The molecule has 0 spiro atoms. The van der Waals surface area contributed by atoms with Gasteiger partial charge < -0.3 is 10.1 Å². The van der Waals surface area contributed by atoms with Gasteiger partial charge in [-0.15, -0.1) is 0 Å². The largest absolute Gasteiger partial charge is 0.444 e. The molecule has 0 saturated heterocycles. The van der Waals surface area contributed by atoms with Gasteiger partial charge in [-0.25, -0.2) is 30.4 Å². The molecule has 0 radical (unpaired) electrons. The summed E-state index contributed by atoms with van der Waals surface area (Å²) in [5.74, 6) is -0.654. The number of carbonyl (C=O) groups excluding carboxylic acids is 1. The quantitative estimate of drug-likeness (QED) is 0.355. The van der Waals surface area contributed by atoms with Crippen LogP contribution < -0.4 is 5.32 Å². The topological polar surface area (TPSA) is 107 Å². The molecule has 204 valence electrons. The van der Waals surface area contributed by atoms with Crippen molar-refractivity contribution in [3.63, 3.8) is 0 Å². The Bertz CT molecular complexity index is 1400. The maximum absolute atomic E-state index is 16.9. The number of sulfone groups is 2. The van der Waals surface area contributed by atoms with E-state index >= 15 is 4.39 Å². The number of halogens is 2. The molecule has 0 fully saturated rings. The molecule has 3 rings (SSSR count). The summed E-state index contributed by atoms with van der Waals surface area (Å²) in [6.45, 7) is 4.86. The van der Waals surface area contributed by atoms with E-state index in [0.717, 1.165) is 36.4 Å². The lowest BCUT2D eigenvalue weighted by molar-refractivity contribution is 0.0498. The van der Waals surface area contributed by atoms with Crippen LogP contribution >= 0.6 is 0 Å². The fourth-order valence-electron chi connectivity index (χ4n) is 3.78. The van der Waals surface area contributed by atoms with Crippen molar-refractivity contribution in [2.45, 2.75) is 59.4 Å². The SMILES string of the molecule is CC(C)(C)OC(=O)NC(CCC(F)(S(=O)(=O)c1ccccc1)S(=O)(=O)c1ccccc1)c1cccc(F)c1. The summed E-state index contributed by atoms with van der Waals surface area (Å²) >= 11 is 0. The maximum atomic E-state index is 16.9. The third kappa shape index (κ3) is 6.39. The fraction of sp³-hybridized carbons (Fsp3) is 0.296. The van der Waals surface area contributed by atoms with Gasteiger partial charge >= 0.3 is 10.4 Å². The highest BCUT2D eigenvalue weighted by Gasteiger charge is 2.57. The minimum atomic E-state index is -5.12. The van der Waals surface area contributed by atoms with Gasteiger partial charge in [0, 0.05) is 6.42 Å². The van der Waals surface area contributed by atoms with Gasteiger partial charge in [0.25, 0.3) is 0 Å². The van der Waals surface area contributed by atoms with Crippen molar-refractivity contribution in [3.8, 4) is 0 Å². The molecular weight excluding hydrogens is 536 g/mol. The zero-order chi connectivity index (χ0) is 28.2. The van der Waals surface area contributed by atoms with Crippen LogP contribution in [0.25, 0.3) is 0 Å². The molecule has 1 N–H and O–H groups in total. The second-order valence-electron chi connectivity index (χ2n) is 9.59. The molecular formula is C27H29F2NO6S2. The molecule has 7 nitrogen and oxygen atoms in total. The Morgan fingerprint density at radius 3 is 1.79 bits per heavy atom. The highest BCUT2D eigenvalue weighted by molar-refractivity contribution is 8.10. The number of amides is 1. The standard InChI is InChI=1S/C27H29F2NO6S2/c1-26(2,3)36-25(31)30-24(20-11-10-12-21(28)19-20)17-18-27(29,37(32,33)22-13-6-4-7-14-22)38(34,35)23-15-8-5-9-16-23/h4-16,19,24H,17-18H2,1-3H3,(H,30,31). The van der Waals surface area contributed by atoms with E-state index < -0.39 is 70.2 Å². The lowest BCUT2D eigenvalue weighted by Crippen LogP contribution is -2.43. The van der Waals surface area contributed by atoms with E-state index in [1.165, 1.54) is 48.5 Å². The highest BCUT2D eigenvalue weighted by atomic mass is 32.3. The molecule has 0 aliphatic heterocycles. The third-order valence-electron chi connectivity index (χ3n) is 5.58. The Morgan fingerprint density at radius 1 is 0.842 bits per heavy atom. The van der Waals surface area contributed by atoms with Crippen LogP contribution in [0.4, 0.5) is 13.6 Å². The molecule has 0 aromatic heterocycles. The number of alkyl halides is 1. The molecule has 38 heavy (non-hydrogen) atoms. The number of ether oxygens (including phenoxy) is 1. The van der Waals surface area contributed by atoms with Crippen LogP contribution in [0.1, 0.15) is 45.2 Å². The average Bonchev–Trinajstić information content (AvgIpc) is 2.86. The molecule has 0 saturated carbocycles. The Labute approximate surface area is 221 Å². The number of rotatable bonds is 9. The lowest BCUT2D eigenvalue weighted by Gasteiger charge is -2.28. The third-order valence-corrected chi connectivity index (χ3v) is 10.7. The molecule has 0 heterocycles. The monoisotopic (exact) mass is 565 g/mol. The minimum absolute atomic E-state index is 0.174. The summed E-state index contributed by atoms with van der Waals surface area (Å²) < 4.78 is 86.6. The van der Waals surface area contributed by atoms with Crippen LogP contribution in [0, 0.1) is 5.82 Å². The molecule has 3 aromatic carbocycles. The number of hydrogen-bond acceptors (Lipinski definition) is 6. The molecule has 3 aromatic rings. The second kappa shape index (κ2) is 11.2. The van der Waals surface area contributed by atoms with Gasteiger partial charge in [-0.05, 0) is 69.2 Å². The predicted octanol–water partition coefficient (Wildman–Crippen LogP) is 5.74. The van der Waals surface area contributed by atoms with Gasteiger partial charge in [-0.1, -0.05) is 48.5 Å². The minimum Gasteiger partial charge on any atom is -0.444 e. The van der Waals surface area contributed by atoms with Crippen molar-refractivity contribution in [2.24, 2.45) is 0 Å². The summed E-state index contributed by atoms with van der Waals surface area (Å²) in [6.07, 6.45) is -2.51. The fourth-order valence-corrected chi connectivity index (χ4v) is 8.02. The van der Waals surface area contributed by atoms with E-state index in [-0.39, 0.29) is 5.56 Å². The first-order valence-electron chi connectivity index (χ1n) is 11.7. The second-order valence-corrected chi connectivity index (χ2v) is 14.1. The number of carbonyl (C=O) groups is 1. The molecule has 1 atom stereocenters. The van der Waals surface area contributed by atoms with Gasteiger partial charge in [0.05, 0.1) is 15.8 Å². The van der Waals surface area contributed by atoms with Crippen molar-refractivity contribution in [1.29, 1.82) is 0 Å². The molecule has 1 amide bonds. The highest BCUT2D eigenvalue weighted by Crippen LogP contribution is 2.42. The Balaban J connectivity index is 2.08. The summed E-state index contributed by atoms with van der Waals surface area (Å²) in [5.41, 5.74) is -0.722. The van der Waals surface area contributed by atoms with Crippen molar-refractivity contribution >= 4 is 25.8 Å². The smallest absolute Gasteiger partial charge is 0.408 e.